The summed E-state index contributed by atoms with van der Waals surface area (Å²) >= 11 is 6.25. The standard InChI is InChI=1S/C22H20ClNO3S/c1-28(26,27)19-12-13-21(23)20(14-19)22(25)24(15-17-8-4-2-5-9-17)16-18-10-6-3-7-11-18/h2-14H,15-16H2,1H3. The highest BCUT2D eigenvalue weighted by Crippen LogP contribution is 2.24. The molecule has 0 atom stereocenters. The van der Waals surface area contributed by atoms with E-state index in [0.717, 1.165) is 17.4 Å². The van der Waals surface area contributed by atoms with E-state index in [2.05, 4.69) is 0 Å². The maximum Gasteiger partial charge on any atom is 0.256 e. The van der Waals surface area contributed by atoms with Gasteiger partial charge in [-0.15, -0.1) is 0 Å². The third kappa shape index (κ3) is 5.00. The van der Waals surface area contributed by atoms with Crippen LogP contribution >= 0.6 is 11.6 Å². The molecule has 1 amide bonds. The van der Waals surface area contributed by atoms with Crippen LogP contribution in [0.15, 0.2) is 83.8 Å². The molecule has 6 heteroatoms. The van der Waals surface area contributed by atoms with Gasteiger partial charge in [0.2, 0.25) is 0 Å². The summed E-state index contributed by atoms with van der Waals surface area (Å²) in [5, 5.41) is 0.225. The first kappa shape index (κ1) is 20.1. The molecule has 3 rings (SSSR count). The first-order chi connectivity index (χ1) is 13.3. The normalized spacial score (nSPS) is 11.2. The summed E-state index contributed by atoms with van der Waals surface area (Å²) in [7, 11) is -3.45. The third-order valence-electron chi connectivity index (χ3n) is 4.32. The second kappa shape index (κ2) is 8.59. The van der Waals surface area contributed by atoms with Gasteiger partial charge in [-0.05, 0) is 29.3 Å². The minimum absolute atomic E-state index is 0.0691. The largest absolute Gasteiger partial charge is 0.330 e. The molecule has 0 saturated heterocycles. The molecule has 28 heavy (non-hydrogen) atoms. The predicted molar refractivity (Wildman–Crippen MR) is 111 cm³/mol. The smallest absolute Gasteiger partial charge is 0.256 e. The van der Waals surface area contributed by atoms with E-state index < -0.39 is 9.84 Å². The van der Waals surface area contributed by atoms with E-state index in [-0.39, 0.29) is 21.4 Å². The molecule has 0 saturated carbocycles. The molecule has 0 aliphatic carbocycles. The van der Waals surface area contributed by atoms with Gasteiger partial charge < -0.3 is 4.90 Å². The van der Waals surface area contributed by atoms with E-state index in [1.165, 1.54) is 18.2 Å². The van der Waals surface area contributed by atoms with Gasteiger partial charge in [0, 0.05) is 19.3 Å². The summed E-state index contributed by atoms with van der Waals surface area (Å²) in [5.41, 5.74) is 2.13. The number of nitrogens with zero attached hydrogens (tertiary/aromatic N) is 1. The van der Waals surface area contributed by atoms with Gasteiger partial charge in [0.15, 0.2) is 9.84 Å². The fourth-order valence-electron chi connectivity index (χ4n) is 2.88. The van der Waals surface area contributed by atoms with Crippen LogP contribution in [0.4, 0.5) is 0 Å². The summed E-state index contributed by atoms with van der Waals surface area (Å²) in [6.07, 6.45) is 1.11. The van der Waals surface area contributed by atoms with Crippen LogP contribution in [0.25, 0.3) is 0 Å². The van der Waals surface area contributed by atoms with Gasteiger partial charge in [-0.2, -0.15) is 0 Å². The Hall–Kier alpha value is -2.63. The number of carbonyl (C=O) groups is 1. The molecular weight excluding hydrogens is 394 g/mol. The van der Waals surface area contributed by atoms with Crippen molar-refractivity contribution in [1.29, 1.82) is 0 Å². The molecule has 3 aromatic carbocycles. The summed E-state index contributed by atoms with van der Waals surface area (Å²) < 4.78 is 23.8. The lowest BCUT2D eigenvalue weighted by Crippen LogP contribution is -2.30. The molecule has 0 fully saturated rings. The Kier molecular flexibility index (Phi) is 6.17. The van der Waals surface area contributed by atoms with Crippen molar-refractivity contribution in [2.75, 3.05) is 6.26 Å². The average molecular weight is 414 g/mol. The lowest BCUT2D eigenvalue weighted by Gasteiger charge is -2.24. The van der Waals surface area contributed by atoms with Crippen LogP contribution < -0.4 is 0 Å². The van der Waals surface area contributed by atoms with E-state index in [1.807, 2.05) is 60.7 Å². The van der Waals surface area contributed by atoms with Crippen molar-refractivity contribution in [2.45, 2.75) is 18.0 Å². The minimum atomic E-state index is -3.45. The second-order valence-electron chi connectivity index (χ2n) is 6.55. The topological polar surface area (TPSA) is 54.5 Å². The maximum atomic E-state index is 13.3. The van der Waals surface area contributed by atoms with E-state index in [9.17, 15) is 13.2 Å². The monoisotopic (exact) mass is 413 g/mol. The number of carbonyl (C=O) groups excluding carboxylic acids is 1. The zero-order valence-electron chi connectivity index (χ0n) is 15.4. The zero-order valence-corrected chi connectivity index (χ0v) is 17.0. The van der Waals surface area contributed by atoms with Crippen LogP contribution in [0.3, 0.4) is 0 Å². The van der Waals surface area contributed by atoms with Crippen LogP contribution in [-0.2, 0) is 22.9 Å². The van der Waals surface area contributed by atoms with Crippen LogP contribution in [0.5, 0.6) is 0 Å². The van der Waals surface area contributed by atoms with Crippen molar-refractivity contribution in [1.82, 2.24) is 4.90 Å². The van der Waals surface area contributed by atoms with Crippen molar-refractivity contribution in [3.05, 3.63) is 101 Å². The Morgan fingerprint density at radius 2 is 1.36 bits per heavy atom. The minimum Gasteiger partial charge on any atom is -0.330 e. The van der Waals surface area contributed by atoms with Crippen molar-refractivity contribution in [3.8, 4) is 0 Å². The lowest BCUT2D eigenvalue weighted by molar-refractivity contribution is 0.0730. The Morgan fingerprint density at radius 1 is 0.857 bits per heavy atom. The number of halogens is 1. The van der Waals surface area contributed by atoms with Gasteiger partial charge in [-0.1, -0.05) is 72.3 Å². The Balaban J connectivity index is 1.98. The molecule has 0 aromatic heterocycles. The van der Waals surface area contributed by atoms with Crippen molar-refractivity contribution in [2.24, 2.45) is 0 Å². The molecule has 0 N–H and O–H groups in total. The molecule has 0 bridgehead atoms. The van der Waals surface area contributed by atoms with Crippen LogP contribution in [0.1, 0.15) is 21.5 Å². The van der Waals surface area contributed by atoms with Crippen molar-refractivity contribution in [3.63, 3.8) is 0 Å². The van der Waals surface area contributed by atoms with Gasteiger partial charge in [-0.3, -0.25) is 4.79 Å². The molecule has 4 nitrogen and oxygen atoms in total. The highest BCUT2D eigenvalue weighted by molar-refractivity contribution is 7.90. The number of amides is 1. The fraction of sp³-hybridized carbons (Fsp3) is 0.136. The lowest BCUT2D eigenvalue weighted by atomic mass is 10.1. The molecule has 0 spiro atoms. The first-order valence-electron chi connectivity index (χ1n) is 8.71. The quantitative estimate of drug-likeness (QED) is 0.594. The van der Waals surface area contributed by atoms with Crippen molar-refractivity contribution < 1.29 is 13.2 Å². The fourth-order valence-corrected chi connectivity index (χ4v) is 3.72. The van der Waals surface area contributed by atoms with Gasteiger partial charge in [0.05, 0.1) is 15.5 Å². The number of hydrogen-bond donors (Lipinski definition) is 0. The van der Waals surface area contributed by atoms with Gasteiger partial charge in [-0.25, -0.2) is 8.42 Å². The van der Waals surface area contributed by atoms with Crippen LogP contribution in [0, 0.1) is 0 Å². The molecule has 0 heterocycles. The Morgan fingerprint density at radius 3 is 1.82 bits per heavy atom. The van der Waals surface area contributed by atoms with Crippen LogP contribution in [-0.4, -0.2) is 25.5 Å². The molecule has 144 valence electrons. The molecule has 0 unspecified atom stereocenters. The summed E-state index contributed by atoms with van der Waals surface area (Å²) in [6.45, 7) is 0.766. The van der Waals surface area contributed by atoms with Gasteiger partial charge >= 0.3 is 0 Å². The molecule has 0 aliphatic rings. The summed E-state index contributed by atoms with van der Waals surface area (Å²) in [6, 6.07) is 23.5. The van der Waals surface area contributed by atoms with E-state index in [1.54, 1.807) is 4.90 Å². The number of benzene rings is 3. The number of rotatable bonds is 6. The SMILES string of the molecule is CS(=O)(=O)c1ccc(Cl)c(C(=O)N(Cc2ccccc2)Cc2ccccc2)c1. The molecule has 0 radical (unpaired) electrons. The first-order valence-corrected chi connectivity index (χ1v) is 11.0. The Bertz CT molecular complexity index is 1030. The summed E-state index contributed by atoms with van der Waals surface area (Å²) in [4.78, 5) is 15.0. The van der Waals surface area contributed by atoms with Gasteiger partial charge in [0.25, 0.3) is 5.91 Å². The van der Waals surface area contributed by atoms with Gasteiger partial charge in [0.1, 0.15) is 0 Å². The summed E-state index contributed by atoms with van der Waals surface area (Å²) in [5.74, 6) is -0.316. The third-order valence-corrected chi connectivity index (χ3v) is 5.76. The van der Waals surface area contributed by atoms with E-state index in [4.69, 9.17) is 11.6 Å². The highest BCUT2D eigenvalue weighted by atomic mass is 35.5. The van der Waals surface area contributed by atoms with E-state index in [0.29, 0.717) is 13.1 Å². The average Bonchev–Trinajstić information content (AvgIpc) is 2.68. The van der Waals surface area contributed by atoms with Crippen LogP contribution in [0.2, 0.25) is 5.02 Å². The highest BCUT2D eigenvalue weighted by Gasteiger charge is 2.21. The maximum absolute atomic E-state index is 13.3. The Labute approximate surface area is 170 Å². The molecular formula is C22H20ClNO3S. The number of hydrogen-bond acceptors (Lipinski definition) is 3. The van der Waals surface area contributed by atoms with Crippen molar-refractivity contribution >= 4 is 27.3 Å². The molecule has 3 aromatic rings. The predicted octanol–water partition coefficient (Wildman–Crippen LogP) is 4.59. The zero-order chi connectivity index (χ0) is 20.1. The molecule has 0 aliphatic heterocycles. The van der Waals surface area contributed by atoms with E-state index >= 15 is 0 Å². The second-order valence-corrected chi connectivity index (χ2v) is 8.97. The number of sulfone groups is 1.